The van der Waals surface area contributed by atoms with Crippen molar-refractivity contribution in [2.75, 3.05) is 0 Å². The Kier molecular flexibility index (Phi) is 4.02. The summed E-state index contributed by atoms with van der Waals surface area (Å²) >= 11 is 0. The van der Waals surface area contributed by atoms with E-state index in [0.717, 1.165) is 23.3 Å². The first-order chi connectivity index (χ1) is 9.76. The zero-order valence-corrected chi connectivity index (χ0v) is 11.5. The van der Waals surface area contributed by atoms with Crippen molar-refractivity contribution in [3.8, 4) is 5.75 Å². The smallest absolute Gasteiger partial charge is 0.406 e. The Hall–Kier alpha value is -2.30. The zero-order valence-electron chi connectivity index (χ0n) is 11.5. The fourth-order valence-corrected chi connectivity index (χ4v) is 1.94. The minimum atomic E-state index is -4.74. The van der Waals surface area contributed by atoms with Gasteiger partial charge in [-0.15, -0.1) is 13.2 Å². The molecule has 0 aliphatic carbocycles. The fourth-order valence-electron chi connectivity index (χ4n) is 1.94. The molecular formula is C16H13F3O2. The largest absolute Gasteiger partial charge is 0.573 e. The van der Waals surface area contributed by atoms with Crippen molar-refractivity contribution in [1.82, 2.24) is 0 Å². The summed E-state index contributed by atoms with van der Waals surface area (Å²) in [5.74, 6) is -0.574. The summed E-state index contributed by atoms with van der Waals surface area (Å²) < 4.78 is 40.0. The number of benzene rings is 2. The zero-order chi connectivity index (χ0) is 15.6. The predicted octanol–water partition coefficient (Wildman–Crippen LogP) is 4.43. The summed E-state index contributed by atoms with van der Waals surface area (Å²) in [6.45, 7) is 3.68. The maximum absolute atomic E-state index is 12.4. The van der Waals surface area contributed by atoms with Crippen molar-refractivity contribution in [2.45, 2.75) is 20.2 Å². The number of carbonyl (C=O) groups excluding carboxylic acids is 1. The van der Waals surface area contributed by atoms with Gasteiger partial charge < -0.3 is 4.74 Å². The van der Waals surface area contributed by atoms with Crippen LogP contribution in [-0.4, -0.2) is 12.1 Å². The van der Waals surface area contributed by atoms with Crippen molar-refractivity contribution in [1.29, 1.82) is 0 Å². The number of aryl methyl sites for hydroxylation is 2. The van der Waals surface area contributed by atoms with Crippen LogP contribution in [0.15, 0.2) is 42.5 Å². The van der Waals surface area contributed by atoms with E-state index in [-0.39, 0.29) is 11.5 Å². The summed E-state index contributed by atoms with van der Waals surface area (Å²) in [7, 11) is 0. The molecule has 2 aromatic rings. The van der Waals surface area contributed by atoms with Crippen molar-refractivity contribution < 1.29 is 22.7 Å². The molecule has 0 atom stereocenters. The number of rotatable bonds is 3. The van der Waals surface area contributed by atoms with Gasteiger partial charge in [0.1, 0.15) is 5.75 Å². The van der Waals surface area contributed by atoms with Crippen LogP contribution in [-0.2, 0) is 0 Å². The van der Waals surface area contributed by atoms with Gasteiger partial charge in [-0.25, -0.2) is 0 Å². The standard InChI is InChI=1S/C16H13F3O2/c1-10-3-4-11(2)14(9-10)15(20)12-5-7-13(8-6-12)21-16(17,18)19/h3-9H,1-2H3. The lowest BCUT2D eigenvalue weighted by atomic mass is 9.97. The Morgan fingerprint density at radius 3 is 2.19 bits per heavy atom. The van der Waals surface area contributed by atoms with Crippen LogP contribution in [0.5, 0.6) is 5.75 Å². The summed E-state index contributed by atoms with van der Waals surface area (Å²) in [5, 5.41) is 0. The van der Waals surface area contributed by atoms with Crippen LogP contribution in [0.2, 0.25) is 0 Å². The van der Waals surface area contributed by atoms with E-state index in [1.807, 2.05) is 26.0 Å². The molecule has 2 aromatic carbocycles. The predicted molar refractivity (Wildman–Crippen MR) is 72.5 cm³/mol. The van der Waals surface area contributed by atoms with Gasteiger partial charge in [0, 0.05) is 11.1 Å². The molecule has 0 amide bonds. The molecular weight excluding hydrogens is 281 g/mol. The molecule has 2 nitrogen and oxygen atoms in total. The first-order valence-electron chi connectivity index (χ1n) is 6.24. The molecule has 0 aliphatic heterocycles. The molecule has 0 aromatic heterocycles. The Morgan fingerprint density at radius 2 is 1.62 bits per heavy atom. The van der Waals surface area contributed by atoms with E-state index in [0.29, 0.717) is 11.1 Å². The molecule has 2 rings (SSSR count). The van der Waals surface area contributed by atoms with Gasteiger partial charge in [0.2, 0.25) is 0 Å². The van der Waals surface area contributed by atoms with E-state index in [4.69, 9.17) is 0 Å². The van der Waals surface area contributed by atoms with Crippen LogP contribution in [0.4, 0.5) is 13.2 Å². The van der Waals surface area contributed by atoms with E-state index < -0.39 is 6.36 Å². The van der Waals surface area contributed by atoms with Crippen LogP contribution < -0.4 is 4.74 Å². The molecule has 0 bridgehead atoms. The molecule has 0 aliphatic rings. The second-order valence-electron chi connectivity index (χ2n) is 4.72. The number of ether oxygens (including phenoxy) is 1. The molecule has 0 unspecified atom stereocenters. The highest BCUT2D eigenvalue weighted by Crippen LogP contribution is 2.24. The maximum atomic E-state index is 12.4. The van der Waals surface area contributed by atoms with Gasteiger partial charge in [0.15, 0.2) is 5.78 Å². The highest BCUT2D eigenvalue weighted by atomic mass is 19.4. The quantitative estimate of drug-likeness (QED) is 0.783. The summed E-state index contributed by atoms with van der Waals surface area (Å²) in [6, 6.07) is 10.4. The van der Waals surface area contributed by atoms with Gasteiger partial charge in [-0.3, -0.25) is 4.79 Å². The number of carbonyl (C=O) groups is 1. The monoisotopic (exact) mass is 294 g/mol. The Labute approximate surface area is 120 Å². The lowest BCUT2D eigenvalue weighted by molar-refractivity contribution is -0.274. The first-order valence-corrected chi connectivity index (χ1v) is 6.24. The van der Waals surface area contributed by atoms with Crippen LogP contribution in [0.25, 0.3) is 0 Å². The van der Waals surface area contributed by atoms with Gasteiger partial charge in [-0.1, -0.05) is 17.7 Å². The lowest BCUT2D eigenvalue weighted by Gasteiger charge is -2.10. The molecule has 0 heterocycles. The van der Waals surface area contributed by atoms with Crippen molar-refractivity contribution in [2.24, 2.45) is 0 Å². The minimum Gasteiger partial charge on any atom is -0.406 e. The van der Waals surface area contributed by atoms with E-state index in [9.17, 15) is 18.0 Å². The van der Waals surface area contributed by atoms with Crippen LogP contribution in [0.1, 0.15) is 27.0 Å². The Morgan fingerprint density at radius 1 is 1.00 bits per heavy atom. The number of alkyl halides is 3. The van der Waals surface area contributed by atoms with Gasteiger partial charge in [0.05, 0.1) is 0 Å². The second-order valence-corrected chi connectivity index (χ2v) is 4.72. The highest BCUT2D eigenvalue weighted by Gasteiger charge is 2.31. The number of hydrogen-bond donors (Lipinski definition) is 0. The normalized spacial score (nSPS) is 11.3. The third kappa shape index (κ3) is 3.84. The molecule has 0 spiro atoms. The van der Waals surface area contributed by atoms with E-state index in [2.05, 4.69) is 4.74 Å². The Bertz CT molecular complexity index is 658. The average molecular weight is 294 g/mol. The third-order valence-corrected chi connectivity index (χ3v) is 2.99. The number of halogens is 3. The second kappa shape index (κ2) is 5.60. The van der Waals surface area contributed by atoms with E-state index >= 15 is 0 Å². The first kappa shape index (κ1) is 15.1. The summed E-state index contributed by atoms with van der Waals surface area (Å²) in [5.41, 5.74) is 2.62. The van der Waals surface area contributed by atoms with Gasteiger partial charge >= 0.3 is 6.36 Å². The van der Waals surface area contributed by atoms with E-state index in [1.165, 1.54) is 12.1 Å². The number of ketones is 1. The van der Waals surface area contributed by atoms with Crippen LogP contribution in [0.3, 0.4) is 0 Å². The molecule has 5 heteroatoms. The van der Waals surface area contributed by atoms with Gasteiger partial charge in [-0.2, -0.15) is 0 Å². The van der Waals surface area contributed by atoms with Crippen molar-refractivity contribution >= 4 is 5.78 Å². The lowest BCUT2D eigenvalue weighted by Crippen LogP contribution is -2.17. The van der Waals surface area contributed by atoms with Crippen molar-refractivity contribution in [3.05, 3.63) is 64.7 Å². The van der Waals surface area contributed by atoms with Gasteiger partial charge in [0.25, 0.3) is 0 Å². The fraction of sp³-hybridized carbons (Fsp3) is 0.188. The van der Waals surface area contributed by atoms with Crippen molar-refractivity contribution in [3.63, 3.8) is 0 Å². The molecule has 0 radical (unpaired) electrons. The molecule has 0 saturated carbocycles. The maximum Gasteiger partial charge on any atom is 0.573 e. The molecule has 21 heavy (non-hydrogen) atoms. The topological polar surface area (TPSA) is 26.3 Å². The SMILES string of the molecule is Cc1ccc(C)c(C(=O)c2ccc(OC(F)(F)F)cc2)c1. The molecule has 0 N–H and O–H groups in total. The summed E-state index contributed by atoms with van der Waals surface area (Å²) in [6.07, 6.45) is -4.74. The molecule has 110 valence electrons. The van der Waals surface area contributed by atoms with E-state index in [1.54, 1.807) is 6.07 Å². The molecule has 0 saturated heterocycles. The minimum absolute atomic E-state index is 0.227. The van der Waals surface area contributed by atoms with Crippen LogP contribution in [0, 0.1) is 13.8 Å². The molecule has 0 fully saturated rings. The van der Waals surface area contributed by atoms with Gasteiger partial charge in [-0.05, 0) is 49.7 Å². The summed E-state index contributed by atoms with van der Waals surface area (Å²) in [4.78, 5) is 12.4. The van der Waals surface area contributed by atoms with Crippen LogP contribution >= 0.6 is 0 Å². The third-order valence-electron chi connectivity index (χ3n) is 2.99. The average Bonchev–Trinajstić information content (AvgIpc) is 2.40. The number of hydrogen-bond acceptors (Lipinski definition) is 2. The Balaban J connectivity index is 2.26. The highest BCUT2D eigenvalue weighted by molar-refractivity contribution is 6.10.